The molecular weight excluding hydrogens is 408 g/mol. The van der Waals surface area contributed by atoms with Gasteiger partial charge < -0.3 is 10.2 Å². The molecule has 2 aromatic carbocycles. The molecule has 21 heavy (non-hydrogen) atoms. The molecule has 0 aromatic heterocycles. The van der Waals surface area contributed by atoms with Gasteiger partial charge in [-0.3, -0.25) is 15.1 Å². The van der Waals surface area contributed by atoms with E-state index in [1.165, 1.54) is 18.3 Å². The molecule has 0 heterocycles. The van der Waals surface area contributed by atoms with E-state index < -0.39 is 4.92 Å². The Morgan fingerprint density at radius 1 is 1.19 bits per heavy atom. The maximum Gasteiger partial charge on any atom is 0.271 e. The van der Waals surface area contributed by atoms with Crippen molar-refractivity contribution in [1.82, 2.24) is 0 Å². The van der Waals surface area contributed by atoms with E-state index in [4.69, 9.17) is 0 Å². The van der Waals surface area contributed by atoms with Crippen LogP contribution in [0.5, 0.6) is 11.5 Å². The summed E-state index contributed by atoms with van der Waals surface area (Å²) < 4.78 is 1.19. The second-order valence-electron chi connectivity index (χ2n) is 4.01. The zero-order chi connectivity index (χ0) is 15.6. The maximum absolute atomic E-state index is 10.7. The van der Waals surface area contributed by atoms with Crippen molar-refractivity contribution in [3.63, 3.8) is 0 Å². The van der Waals surface area contributed by atoms with Crippen LogP contribution in [0.25, 0.3) is 0 Å². The van der Waals surface area contributed by atoms with Gasteiger partial charge in [0.05, 0.1) is 9.40 Å². The molecule has 0 aliphatic heterocycles. The minimum Gasteiger partial charge on any atom is -0.506 e. The summed E-state index contributed by atoms with van der Waals surface area (Å²) in [6, 6.07) is 6.81. The number of nitrogens with zero attached hydrogens (tertiary/aromatic N) is 2. The average molecular weight is 416 g/mol. The van der Waals surface area contributed by atoms with Gasteiger partial charge in [0, 0.05) is 28.4 Å². The van der Waals surface area contributed by atoms with Gasteiger partial charge in [-0.1, -0.05) is 15.9 Å². The van der Waals surface area contributed by atoms with Crippen molar-refractivity contribution in [1.29, 1.82) is 0 Å². The second kappa shape index (κ2) is 6.23. The molecule has 8 heteroatoms. The van der Waals surface area contributed by atoms with Crippen molar-refractivity contribution in [2.75, 3.05) is 0 Å². The van der Waals surface area contributed by atoms with Crippen LogP contribution in [0, 0.1) is 10.1 Å². The van der Waals surface area contributed by atoms with E-state index in [2.05, 4.69) is 36.9 Å². The summed E-state index contributed by atoms with van der Waals surface area (Å²) in [4.78, 5) is 14.1. The molecule has 2 aromatic rings. The quantitative estimate of drug-likeness (QED) is 0.444. The number of hydrogen-bond donors (Lipinski definition) is 2. The van der Waals surface area contributed by atoms with Crippen molar-refractivity contribution in [3.05, 3.63) is 55.0 Å². The van der Waals surface area contributed by atoms with Crippen LogP contribution in [0.2, 0.25) is 0 Å². The summed E-state index contributed by atoms with van der Waals surface area (Å²) in [7, 11) is 0. The van der Waals surface area contributed by atoms with E-state index >= 15 is 0 Å². The second-order valence-corrected chi connectivity index (χ2v) is 5.78. The smallest absolute Gasteiger partial charge is 0.271 e. The van der Waals surface area contributed by atoms with E-state index in [1.54, 1.807) is 12.1 Å². The third-order valence-electron chi connectivity index (χ3n) is 2.57. The number of hydrogen-bond acceptors (Lipinski definition) is 5. The highest BCUT2D eigenvalue weighted by atomic mass is 79.9. The number of nitro groups is 1. The first kappa shape index (κ1) is 15.5. The number of phenolic OH excluding ortho intramolecular Hbond substituents is 2. The van der Waals surface area contributed by atoms with Gasteiger partial charge in [-0.15, -0.1) is 0 Å². The summed E-state index contributed by atoms with van der Waals surface area (Å²) >= 11 is 6.46. The molecular formula is C13H8Br2N2O4. The highest BCUT2D eigenvalue weighted by Gasteiger charge is 2.10. The Kier molecular flexibility index (Phi) is 4.59. The molecule has 2 N–H and O–H groups in total. The SMILES string of the molecule is O=[N+]([O-])c1ccc(O)c(N=Cc2cc(Br)cc(Br)c2O)c1. The third kappa shape index (κ3) is 3.59. The Balaban J connectivity index is 2.42. The fraction of sp³-hybridized carbons (Fsp3) is 0. The van der Waals surface area contributed by atoms with E-state index in [1.807, 2.05) is 0 Å². The molecule has 0 amide bonds. The fourth-order valence-corrected chi connectivity index (χ4v) is 2.81. The van der Waals surface area contributed by atoms with Crippen LogP contribution >= 0.6 is 31.9 Å². The minimum absolute atomic E-state index is 0.0214. The van der Waals surface area contributed by atoms with E-state index in [0.717, 1.165) is 10.5 Å². The number of benzene rings is 2. The number of non-ortho nitro benzene ring substituents is 1. The normalized spacial score (nSPS) is 11.0. The highest BCUT2D eigenvalue weighted by molar-refractivity contribution is 9.11. The van der Waals surface area contributed by atoms with Gasteiger partial charge in [0.1, 0.15) is 17.2 Å². The van der Waals surface area contributed by atoms with Gasteiger partial charge in [-0.25, -0.2) is 0 Å². The van der Waals surface area contributed by atoms with Crippen molar-refractivity contribution in [2.45, 2.75) is 0 Å². The first-order valence-electron chi connectivity index (χ1n) is 5.58. The summed E-state index contributed by atoms with van der Waals surface area (Å²) in [5.41, 5.74) is 0.251. The number of aromatic hydroxyl groups is 2. The molecule has 0 aliphatic rings. The monoisotopic (exact) mass is 414 g/mol. The van der Waals surface area contributed by atoms with Crippen molar-refractivity contribution in [2.24, 2.45) is 4.99 Å². The van der Waals surface area contributed by atoms with Crippen molar-refractivity contribution >= 4 is 49.4 Å². The van der Waals surface area contributed by atoms with Crippen LogP contribution < -0.4 is 0 Å². The Morgan fingerprint density at radius 2 is 1.90 bits per heavy atom. The molecule has 108 valence electrons. The largest absolute Gasteiger partial charge is 0.506 e. The van der Waals surface area contributed by atoms with E-state index in [9.17, 15) is 20.3 Å². The molecule has 0 fully saturated rings. The standard InChI is InChI=1S/C13H8Br2N2O4/c14-8-3-7(13(19)10(15)4-8)6-16-11-5-9(17(20)21)1-2-12(11)18/h1-6,18-19H. The van der Waals surface area contributed by atoms with Gasteiger partial charge in [0.25, 0.3) is 5.69 Å². The molecule has 0 saturated carbocycles. The molecule has 6 nitrogen and oxygen atoms in total. The van der Waals surface area contributed by atoms with Gasteiger partial charge >= 0.3 is 0 Å². The summed E-state index contributed by atoms with van der Waals surface area (Å²) in [5, 5.41) is 30.2. The van der Waals surface area contributed by atoms with E-state index in [0.29, 0.717) is 10.0 Å². The zero-order valence-corrected chi connectivity index (χ0v) is 13.5. The van der Waals surface area contributed by atoms with Crippen LogP contribution in [-0.2, 0) is 0 Å². The van der Waals surface area contributed by atoms with Crippen LogP contribution in [0.15, 0.2) is 44.3 Å². The summed E-state index contributed by atoms with van der Waals surface area (Å²) in [5.74, 6) is -0.211. The molecule has 0 spiro atoms. The Morgan fingerprint density at radius 3 is 2.57 bits per heavy atom. The van der Waals surface area contributed by atoms with Crippen LogP contribution in [0.1, 0.15) is 5.56 Å². The first-order valence-corrected chi connectivity index (χ1v) is 7.16. The molecule has 0 atom stereocenters. The van der Waals surface area contributed by atoms with Crippen molar-refractivity contribution < 1.29 is 15.1 Å². The van der Waals surface area contributed by atoms with Gasteiger partial charge in [0.15, 0.2) is 0 Å². The lowest BCUT2D eigenvalue weighted by Gasteiger charge is -2.03. The van der Waals surface area contributed by atoms with E-state index in [-0.39, 0.29) is 22.9 Å². The minimum atomic E-state index is -0.578. The zero-order valence-electron chi connectivity index (χ0n) is 10.3. The number of aliphatic imine (C=N–C) groups is 1. The summed E-state index contributed by atoms with van der Waals surface area (Å²) in [6.45, 7) is 0. The molecule has 0 radical (unpaired) electrons. The molecule has 2 rings (SSSR count). The van der Waals surface area contributed by atoms with Crippen LogP contribution in [0.3, 0.4) is 0 Å². The lowest BCUT2D eigenvalue weighted by molar-refractivity contribution is -0.384. The number of phenols is 2. The Bertz CT molecular complexity index is 747. The van der Waals surface area contributed by atoms with Gasteiger partial charge in [-0.2, -0.15) is 0 Å². The number of halogens is 2. The van der Waals surface area contributed by atoms with Crippen molar-refractivity contribution in [3.8, 4) is 11.5 Å². The molecule has 0 bridgehead atoms. The lowest BCUT2D eigenvalue weighted by atomic mass is 10.2. The maximum atomic E-state index is 10.7. The van der Waals surface area contributed by atoms with Crippen LogP contribution in [0.4, 0.5) is 11.4 Å². The van der Waals surface area contributed by atoms with Crippen LogP contribution in [-0.4, -0.2) is 21.4 Å². The predicted molar refractivity (Wildman–Crippen MR) is 85.5 cm³/mol. The fourth-order valence-electron chi connectivity index (χ4n) is 1.55. The predicted octanol–water partition coefficient (Wildman–Crippen LogP) is 4.28. The number of nitro benzene ring substituents is 1. The number of rotatable bonds is 3. The molecule has 0 unspecified atom stereocenters. The topological polar surface area (TPSA) is 96.0 Å². The van der Waals surface area contributed by atoms with Gasteiger partial charge in [0.2, 0.25) is 0 Å². The molecule has 0 aliphatic carbocycles. The van der Waals surface area contributed by atoms with Gasteiger partial charge in [-0.05, 0) is 34.1 Å². The Labute approximate surface area is 136 Å². The first-order chi connectivity index (χ1) is 9.88. The lowest BCUT2D eigenvalue weighted by Crippen LogP contribution is -1.87. The Hall–Kier alpha value is -1.93. The molecule has 0 saturated heterocycles. The third-order valence-corrected chi connectivity index (χ3v) is 3.63. The highest BCUT2D eigenvalue weighted by Crippen LogP contribution is 2.33. The average Bonchev–Trinajstić information content (AvgIpc) is 2.42. The summed E-state index contributed by atoms with van der Waals surface area (Å²) in [6.07, 6.45) is 1.31.